The number of hydrogen-bond acceptors (Lipinski definition) is 3. The summed E-state index contributed by atoms with van der Waals surface area (Å²) in [4.78, 5) is 14.8. The lowest BCUT2D eigenvalue weighted by molar-refractivity contribution is -0.143. The fraction of sp³-hybridized carbons (Fsp3) is 0.350. The van der Waals surface area contributed by atoms with Crippen molar-refractivity contribution in [3.63, 3.8) is 0 Å². The fourth-order valence-electron chi connectivity index (χ4n) is 3.50. The Hall–Kier alpha value is -1.20. The monoisotopic (exact) mass is 409 g/mol. The second kappa shape index (κ2) is 8.66. The number of rotatable bonds is 5. The molecule has 0 saturated carbocycles. The van der Waals surface area contributed by atoms with Gasteiger partial charge in [0.1, 0.15) is 0 Å². The van der Waals surface area contributed by atoms with E-state index in [1.54, 1.807) is 17.8 Å². The van der Waals surface area contributed by atoms with Crippen molar-refractivity contribution in [2.24, 2.45) is 5.92 Å². The first-order chi connectivity index (χ1) is 12.5. The Bertz CT molecular complexity index is 774. The zero-order chi connectivity index (χ0) is 18.7. The van der Waals surface area contributed by atoms with Crippen LogP contribution in [-0.2, 0) is 4.79 Å². The lowest BCUT2D eigenvalue weighted by Crippen LogP contribution is -2.39. The third kappa shape index (κ3) is 4.37. The molecule has 0 radical (unpaired) electrons. The van der Waals surface area contributed by atoms with Crippen LogP contribution in [0, 0.1) is 5.92 Å². The van der Waals surface area contributed by atoms with Gasteiger partial charge in [-0.2, -0.15) is 0 Å². The Kier molecular flexibility index (Phi) is 6.51. The van der Waals surface area contributed by atoms with Gasteiger partial charge in [-0.1, -0.05) is 41.4 Å². The number of carboxylic acids is 1. The minimum absolute atomic E-state index is 0.00887. The van der Waals surface area contributed by atoms with E-state index in [4.69, 9.17) is 23.2 Å². The standard InChI is InChI=1S/C20H21Cl2NO2S/c1-26-16-5-2-13(3-6-16)19(17-7-4-15(21)12-18(17)22)23-10-8-14(9-11-23)20(24)25/h2-7,12,14,19H,8-11H2,1H3,(H,24,25). The van der Waals surface area contributed by atoms with E-state index < -0.39 is 5.97 Å². The molecule has 2 aromatic carbocycles. The van der Waals surface area contributed by atoms with Gasteiger partial charge in [-0.15, -0.1) is 11.8 Å². The second-order valence-corrected chi connectivity index (χ2v) is 8.21. The van der Waals surface area contributed by atoms with E-state index in [0.29, 0.717) is 22.9 Å². The smallest absolute Gasteiger partial charge is 0.306 e. The average molecular weight is 410 g/mol. The van der Waals surface area contributed by atoms with Gasteiger partial charge in [-0.05, 0) is 67.6 Å². The van der Waals surface area contributed by atoms with Crippen LogP contribution in [0.25, 0.3) is 0 Å². The van der Waals surface area contributed by atoms with Crippen LogP contribution >= 0.6 is 35.0 Å². The molecule has 138 valence electrons. The van der Waals surface area contributed by atoms with Crippen molar-refractivity contribution in [3.8, 4) is 0 Å². The maximum Gasteiger partial charge on any atom is 0.306 e. The third-order valence-corrected chi connectivity index (χ3v) is 6.24. The summed E-state index contributed by atoms with van der Waals surface area (Å²) < 4.78 is 0. The highest BCUT2D eigenvalue weighted by Crippen LogP contribution is 2.37. The zero-order valence-electron chi connectivity index (χ0n) is 14.5. The topological polar surface area (TPSA) is 40.5 Å². The van der Waals surface area contributed by atoms with E-state index in [-0.39, 0.29) is 12.0 Å². The summed E-state index contributed by atoms with van der Waals surface area (Å²) in [5.41, 5.74) is 2.16. The molecule has 1 unspecified atom stereocenters. The van der Waals surface area contributed by atoms with Crippen molar-refractivity contribution in [1.82, 2.24) is 4.90 Å². The normalized spacial score (nSPS) is 17.2. The number of hydrogen-bond donors (Lipinski definition) is 1. The van der Waals surface area contributed by atoms with Gasteiger partial charge >= 0.3 is 5.97 Å². The van der Waals surface area contributed by atoms with Crippen LogP contribution in [0.5, 0.6) is 0 Å². The average Bonchev–Trinajstić information content (AvgIpc) is 2.64. The molecule has 2 aromatic rings. The molecule has 3 rings (SSSR count). The Balaban J connectivity index is 1.95. The Labute approximate surface area is 168 Å². The van der Waals surface area contributed by atoms with Crippen molar-refractivity contribution in [2.45, 2.75) is 23.8 Å². The van der Waals surface area contributed by atoms with Crippen molar-refractivity contribution in [2.75, 3.05) is 19.3 Å². The summed E-state index contributed by atoms with van der Waals surface area (Å²) in [6.07, 6.45) is 3.36. The number of halogens is 2. The highest BCUT2D eigenvalue weighted by molar-refractivity contribution is 7.98. The lowest BCUT2D eigenvalue weighted by atomic mass is 9.91. The molecule has 1 atom stereocenters. The minimum Gasteiger partial charge on any atom is -0.481 e. The maximum atomic E-state index is 11.3. The summed E-state index contributed by atoms with van der Waals surface area (Å²) in [6, 6.07) is 14.1. The molecule has 6 heteroatoms. The first kappa shape index (κ1) is 19.6. The van der Waals surface area contributed by atoms with Crippen molar-refractivity contribution in [3.05, 3.63) is 63.6 Å². The van der Waals surface area contributed by atoms with Crippen molar-refractivity contribution >= 4 is 40.9 Å². The van der Waals surface area contributed by atoms with E-state index >= 15 is 0 Å². The number of likely N-dealkylation sites (tertiary alicyclic amines) is 1. The minimum atomic E-state index is -0.699. The first-order valence-corrected chi connectivity index (χ1v) is 10.5. The van der Waals surface area contributed by atoms with Gasteiger partial charge in [0.2, 0.25) is 0 Å². The summed E-state index contributed by atoms with van der Waals surface area (Å²) in [5.74, 6) is -0.957. The SMILES string of the molecule is CSc1ccc(C(c2ccc(Cl)cc2Cl)N2CCC(C(=O)O)CC2)cc1. The van der Waals surface area contributed by atoms with Gasteiger partial charge in [-0.25, -0.2) is 0 Å². The first-order valence-electron chi connectivity index (χ1n) is 8.55. The predicted molar refractivity (Wildman–Crippen MR) is 108 cm³/mol. The van der Waals surface area contributed by atoms with E-state index in [0.717, 1.165) is 24.2 Å². The van der Waals surface area contributed by atoms with Crippen LogP contribution in [0.2, 0.25) is 10.0 Å². The van der Waals surface area contributed by atoms with E-state index in [1.165, 1.54) is 4.90 Å². The number of thioether (sulfide) groups is 1. The quantitative estimate of drug-likeness (QED) is 0.652. The fourth-order valence-corrected chi connectivity index (χ4v) is 4.42. The molecule has 0 amide bonds. The number of benzene rings is 2. The third-order valence-electron chi connectivity index (χ3n) is 4.93. The van der Waals surface area contributed by atoms with Gasteiger partial charge in [-0.3, -0.25) is 9.69 Å². The summed E-state index contributed by atoms with van der Waals surface area (Å²) >= 11 is 14.3. The Morgan fingerprint density at radius 3 is 2.35 bits per heavy atom. The molecule has 1 heterocycles. The van der Waals surface area contributed by atoms with Crippen LogP contribution in [-0.4, -0.2) is 35.3 Å². The van der Waals surface area contributed by atoms with Crippen molar-refractivity contribution < 1.29 is 9.90 Å². The summed E-state index contributed by atoms with van der Waals surface area (Å²) in [6.45, 7) is 1.45. The number of piperidine rings is 1. The Morgan fingerprint density at radius 2 is 1.81 bits per heavy atom. The van der Waals surface area contributed by atoms with E-state index in [1.807, 2.05) is 12.1 Å². The number of aliphatic carboxylic acids is 1. The van der Waals surface area contributed by atoms with Crippen molar-refractivity contribution in [1.29, 1.82) is 0 Å². The second-order valence-electron chi connectivity index (χ2n) is 6.49. The predicted octanol–water partition coefficient (Wildman–Crippen LogP) is 5.60. The molecule has 0 bridgehead atoms. The molecule has 1 N–H and O–H groups in total. The molecule has 0 spiro atoms. The van der Waals surface area contributed by atoms with Crippen LogP contribution in [0.15, 0.2) is 47.4 Å². The molecule has 1 saturated heterocycles. The van der Waals surface area contributed by atoms with Crippen LogP contribution in [0.3, 0.4) is 0 Å². The molecular weight excluding hydrogens is 389 g/mol. The molecule has 0 aliphatic carbocycles. The van der Waals surface area contributed by atoms with Gasteiger partial charge in [0, 0.05) is 14.9 Å². The van der Waals surface area contributed by atoms with E-state index in [9.17, 15) is 9.90 Å². The maximum absolute atomic E-state index is 11.3. The number of carbonyl (C=O) groups is 1. The Morgan fingerprint density at radius 1 is 1.15 bits per heavy atom. The number of nitrogens with zero attached hydrogens (tertiary/aromatic N) is 1. The largest absolute Gasteiger partial charge is 0.481 e. The number of carboxylic acid groups (broad SMARTS) is 1. The van der Waals surface area contributed by atoms with Crippen LogP contribution < -0.4 is 0 Å². The zero-order valence-corrected chi connectivity index (χ0v) is 16.8. The highest BCUT2D eigenvalue weighted by atomic mass is 35.5. The molecule has 0 aromatic heterocycles. The van der Waals surface area contributed by atoms with Gasteiger partial charge in [0.05, 0.1) is 12.0 Å². The van der Waals surface area contributed by atoms with Gasteiger partial charge in [0.15, 0.2) is 0 Å². The molecule has 26 heavy (non-hydrogen) atoms. The van der Waals surface area contributed by atoms with E-state index in [2.05, 4.69) is 35.4 Å². The molecule has 1 fully saturated rings. The molecule has 3 nitrogen and oxygen atoms in total. The molecule has 1 aliphatic rings. The summed E-state index contributed by atoms with van der Waals surface area (Å²) in [5, 5.41) is 10.5. The van der Waals surface area contributed by atoms with Gasteiger partial charge in [0.25, 0.3) is 0 Å². The lowest BCUT2D eigenvalue weighted by Gasteiger charge is -2.37. The summed E-state index contributed by atoms with van der Waals surface area (Å²) in [7, 11) is 0. The van der Waals surface area contributed by atoms with Crippen LogP contribution in [0.1, 0.15) is 30.0 Å². The van der Waals surface area contributed by atoms with Gasteiger partial charge < -0.3 is 5.11 Å². The highest BCUT2D eigenvalue weighted by Gasteiger charge is 2.31. The van der Waals surface area contributed by atoms with Crippen LogP contribution in [0.4, 0.5) is 0 Å². The molecular formula is C20H21Cl2NO2S. The molecule has 1 aliphatic heterocycles.